The van der Waals surface area contributed by atoms with Crippen molar-refractivity contribution < 1.29 is 81.4 Å². The number of nitrogens with zero attached hydrogens (tertiary/aromatic N) is 1. The van der Waals surface area contributed by atoms with Crippen molar-refractivity contribution in [1.82, 2.24) is 4.90 Å². The fourth-order valence-corrected chi connectivity index (χ4v) is 8.64. The third-order valence-corrected chi connectivity index (χ3v) is 12.3. The van der Waals surface area contributed by atoms with Gasteiger partial charge in [-0.25, -0.2) is 4.79 Å². The third-order valence-electron chi connectivity index (χ3n) is 12.1. The van der Waals surface area contributed by atoms with E-state index < -0.39 is 97.4 Å². The van der Waals surface area contributed by atoms with Gasteiger partial charge in [0.05, 0.1) is 7.11 Å². The van der Waals surface area contributed by atoms with Gasteiger partial charge in [-0.3, -0.25) is 0 Å². The average Bonchev–Trinajstić information content (AvgIpc) is 3.73. The molecule has 70 heavy (non-hydrogen) atoms. The third kappa shape index (κ3) is 16.8. The Morgan fingerprint density at radius 1 is 0.900 bits per heavy atom. The van der Waals surface area contributed by atoms with Gasteiger partial charge in [-0.1, -0.05) is 67.6 Å². The molecule has 388 valence electrons. The standard InChI is InChI=1S/C49H74B2NO17P/c1-7-9-25-59-36-28-49(46(56)58-6,62-27-19-13-18-24-52(29-34-20-14-11-15-21-34)47(57)61-31-35-22-16-12-17-23-35)68-42(38-32-63-48(4,5)67-38)40(36)65-45-44(64-33(3)54)39(55)43(69-50-51-70)41(66-45)37(30-53)60-26-10-8-2/h11-12,14-17,20-23,36-45,53,55H,7-10,13,18-19,24-32,70H2,1-6H3/t36-,37+,38-,39?,40-,41?,42?,43+,44-,45+,49-/m1/s1. The van der Waals surface area contributed by atoms with Gasteiger partial charge in [0.1, 0.15) is 6.61 Å². The van der Waals surface area contributed by atoms with Crippen LogP contribution < -0.4 is 0 Å². The Morgan fingerprint density at radius 3 is 2.23 bits per heavy atom. The van der Waals surface area contributed by atoms with Gasteiger partial charge < -0.3 is 9.64 Å². The van der Waals surface area contributed by atoms with Gasteiger partial charge in [0.2, 0.25) is 0 Å². The molecular weight excluding hydrogens is 927 g/mol. The molecule has 0 saturated carbocycles. The summed E-state index contributed by atoms with van der Waals surface area (Å²) in [6.45, 7) is 11.3. The van der Waals surface area contributed by atoms with Crippen molar-refractivity contribution in [1.29, 1.82) is 0 Å². The Labute approximate surface area is 416 Å². The van der Waals surface area contributed by atoms with Gasteiger partial charge in [-0.05, 0) is 30.4 Å². The molecule has 0 spiro atoms. The first kappa shape index (κ1) is 57.5. The maximum absolute atomic E-state index is 14.1. The van der Waals surface area contributed by atoms with Crippen LogP contribution in [0.25, 0.3) is 0 Å². The van der Waals surface area contributed by atoms with E-state index in [-0.39, 0.29) is 39.5 Å². The molecule has 2 aromatic rings. The summed E-state index contributed by atoms with van der Waals surface area (Å²) >= 11 is 0. The molecule has 1 amide bonds. The Morgan fingerprint density at radius 2 is 1.60 bits per heavy atom. The van der Waals surface area contributed by atoms with E-state index in [0.717, 1.165) is 24.0 Å². The quantitative estimate of drug-likeness (QED) is 0.0378. The number of rotatable bonds is 28. The molecule has 3 aliphatic heterocycles. The zero-order chi connectivity index (χ0) is 50.5. The molecule has 0 radical (unpaired) electrons. The first-order valence-corrected chi connectivity index (χ1v) is 25.2. The van der Waals surface area contributed by atoms with Gasteiger partial charge >= 0.3 is 278 Å². The van der Waals surface area contributed by atoms with E-state index in [1.54, 1.807) is 18.7 Å². The Balaban J connectivity index is 1.39. The van der Waals surface area contributed by atoms with E-state index >= 15 is 0 Å². The number of carbonyl (C=O) groups excluding carboxylic acids is 3. The van der Waals surface area contributed by atoms with E-state index in [4.69, 9.17) is 56.8 Å². The van der Waals surface area contributed by atoms with E-state index in [9.17, 15) is 24.6 Å². The van der Waals surface area contributed by atoms with Crippen LogP contribution in [-0.4, -0.2) is 166 Å². The summed E-state index contributed by atoms with van der Waals surface area (Å²) in [4.78, 5) is 41.8. The Bertz CT molecular complexity index is 1890. The van der Waals surface area contributed by atoms with Crippen LogP contribution in [0.5, 0.6) is 0 Å². The molecule has 3 fully saturated rings. The fraction of sp³-hybridized carbons (Fsp3) is 0.694. The van der Waals surface area contributed by atoms with Crippen molar-refractivity contribution in [2.24, 2.45) is 0 Å². The molecule has 0 aromatic heterocycles. The summed E-state index contributed by atoms with van der Waals surface area (Å²) in [6, 6.07) is 19.2. The Kier molecular flexibility index (Phi) is 24.1. The summed E-state index contributed by atoms with van der Waals surface area (Å²) in [5.41, 5.74) is 1.85. The molecule has 12 atom stereocenters. The molecule has 4 unspecified atom stereocenters. The number of ether oxygens (including phenoxy) is 11. The number of hydrogen-bond acceptors (Lipinski definition) is 17. The minimum absolute atomic E-state index is 0.0169. The summed E-state index contributed by atoms with van der Waals surface area (Å²) in [5, 5.41) is 22.6. The number of methoxy groups -OCH3 is 1. The SMILES string of the molecule is CCCCO[C@@H](CO)C1O[C@H](O[C@H]2C([C@H]3COC(C)(C)O3)O[C@@](OCCCCCN(Cc3ccccc3)C(=O)OCc3ccccc3)(C(=O)OC)C[C@H]2OCCCC)[C@H](OC(C)=O)C(O)[C@@H]1OB=BP. The first-order chi connectivity index (χ1) is 33.8. The second kappa shape index (κ2) is 29.3. The molecule has 2 N–H and O–H groups in total. The molecule has 2 aromatic carbocycles. The molecular formula is C49H74B2NO17P. The van der Waals surface area contributed by atoms with Gasteiger partial charge in [0.25, 0.3) is 0 Å². The number of amides is 1. The predicted molar refractivity (Wildman–Crippen MR) is 260 cm³/mol. The van der Waals surface area contributed by atoms with Crippen LogP contribution in [-0.2, 0) is 79.5 Å². The summed E-state index contributed by atoms with van der Waals surface area (Å²) < 4.78 is 74.4. The normalized spacial score (nSPS) is 27.8. The van der Waals surface area contributed by atoms with Gasteiger partial charge in [-0.15, -0.1) is 0 Å². The van der Waals surface area contributed by atoms with E-state index in [1.165, 1.54) is 27.6 Å². The second-order valence-corrected chi connectivity index (χ2v) is 18.4. The molecule has 3 heterocycles. The number of esters is 2. The summed E-state index contributed by atoms with van der Waals surface area (Å²) in [5.74, 6) is -4.62. The van der Waals surface area contributed by atoms with Gasteiger partial charge in [-0.2, -0.15) is 0 Å². The molecule has 0 bridgehead atoms. The maximum atomic E-state index is 14.1. The zero-order valence-electron chi connectivity index (χ0n) is 41.6. The van der Waals surface area contributed by atoms with Gasteiger partial charge in [0.15, 0.2) is 0 Å². The molecule has 5 rings (SSSR count). The van der Waals surface area contributed by atoms with Crippen LogP contribution in [0.2, 0.25) is 0 Å². The summed E-state index contributed by atoms with van der Waals surface area (Å²) in [6.07, 6.45) is -7.94. The second-order valence-electron chi connectivity index (χ2n) is 18.0. The van der Waals surface area contributed by atoms with E-state index in [1.807, 2.05) is 74.5 Å². The van der Waals surface area contributed by atoms with Crippen LogP contribution >= 0.6 is 9.12 Å². The van der Waals surface area contributed by atoms with E-state index in [2.05, 4.69) is 9.12 Å². The monoisotopic (exact) mass is 1000 g/mol. The molecule has 18 nitrogen and oxygen atoms in total. The number of benzene rings is 2. The van der Waals surface area contributed by atoms with Crippen molar-refractivity contribution in [2.45, 2.75) is 172 Å². The fourth-order valence-electron chi connectivity index (χ4n) is 8.55. The number of hydrogen-bond donors (Lipinski definition) is 2. The van der Waals surface area contributed by atoms with Crippen molar-refractivity contribution >= 4 is 40.7 Å². The van der Waals surface area contributed by atoms with Crippen LogP contribution in [0.15, 0.2) is 60.7 Å². The van der Waals surface area contributed by atoms with Crippen LogP contribution in [0, 0.1) is 0 Å². The zero-order valence-corrected chi connectivity index (χ0v) is 42.7. The molecule has 3 aliphatic rings. The molecule has 3 saturated heterocycles. The minimum atomic E-state index is -2.02. The summed E-state index contributed by atoms with van der Waals surface area (Å²) in [7, 11) is 4.95. The topological polar surface area (TPSA) is 206 Å². The van der Waals surface area contributed by atoms with Crippen LogP contribution in [0.4, 0.5) is 4.79 Å². The predicted octanol–water partition coefficient (Wildman–Crippen LogP) is 5.00. The van der Waals surface area contributed by atoms with Crippen LogP contribution in [0.3, 0.4) is 0 Å². The van der Waals surface area contributed by atoms with Crippen molar-refractivity contribution in [3.05, 3.63) is 71.8 Å². The molecule has 21 heteroatoms. The first-order valence-electron chi connectivity index (χ1n) is 24.5. The van der Waals surface area contributed by atoms with Crippen LogP contribution in [0.1, 0.15) is 97.1 Å². The number of carbonyl (C=O) groups is 3. The van der Waals surface area contributed by atoms with Crippen molar-refractivity contribution in [3.63, 3.8) is 0 Å². The van der Waals surface area contributed by atoms with Gasteiger partial charge in [0, 0.05) is 13.1 Å². The number of aliphatic hydroxyl groups excluding tert-OH is 2. The number of aliphatic hydroxyl groups is 2. The van der Waals surface area contributed by atoms with Crippen molar-refractivity contribution in [3.8, 4) is 0 Å². The number of unbranched alkanes of at least 4 members (excludes halogenated alkanes) is 4. The molecule has 0 aliphatic carbocycles. The van der Waals surface area contributed by atoms with E-state index in [0.29, 0.717) is 45.2 Å². The Hall–Kier alpha value is -3.39. The average molecular weight is 1000 g/mol. The van der Waals surface area contributed by atoms with Crippen molar-refractivity contribution in [2.75, 3.05) is 46.7 Å².